The zero-order valence-electron chi connectivity index (χ0n) is 9.04. The van der Waals surface area contributed by atoms with Gasteiger partial charge in [0.15, 0.2) is 5.78 Å². The SMILES string of the molecule is C[C@@H]1C(=O)C(Br)=CO[C@@H]1C1CCCCC1. The number of ether oxygens (including phenoxy) is 1. The molecule has 1 aliphatic heterocycles. The largest absolute Gasteiger partial charge is 0.496 e. The maximum absolute atomic E-state index is 11.8. The minimum absolute atomic E-state index is 0.00692. The van der Waals surface area contributed by atoms with Crippen LogP contribution in [0, 0.1) is 11.8 Å². The van der Waals surface area contributed by atoms with Crippen molar-refractivity contribution in [2.75, 3.05) is 0 Å². The van der Waals surface area contributed by atoms with Gasteiger partial charge in [-0.05, 0) is 34.7 Å². The van der Waals surface area contributed by atoms with Gasteiger partial charge >= 0.3 is 0 Å². The van der Waals surface area contributed by atoms with Crippen LogP contribution in [0.4, 0.5) is 0 Å². The van der Waals surface area contributed by atoms with E-state index in [-0.39, 0.29) is 17.8 Å². The Bertz CT molecular complexity index is 279. The fourth-order valence-electron chi connectivity index (χ4n) is 2.66. The van der Waals surface area contributed by atoms with Crippen molar-refractivity contribution in [2.24, 2.45) is 11.8 Å². The first-order chi connectivity index (χ1) is 7.20. The molecule has 0 aromatic heterocycles. The molecule has 0 spiro atoms. The summed E-state index contributed by atoms with van der Waals surface area (Å²) in [6.07, 6.45) is 8.04. The summed E-state index contributed by atoms with van der Waals surface area (Å²) in [7, 11) is 0. The normalized spacial score (nSPS) is 33.5. The molecule has 0 amide bonds. The van der Waals surface area contributed by atoms with Crippen molar-refractivity contribution in [3.63, 3.8) is 0 Å². The van der Waals surface area contributed by atoms with Crippen molar-refractivity contribution >= 4 is 21.7 Å². The van der Waals surface area contributed by atoms with Crippen molar-refractivity contribution in [3.05, 3.63) is 10.7 Å². The molecule has 2 nitrogen and oxygen atoms in total. The van der Waals surface area contributed by atoms with E-state index in [0.29, 0.717) is 10.4 Å². The lowest BCUT2D eigenvalue weighted by Crippen LogP contribution is -2.37. The molecule has 0 unspecified atom stereocenters. The minimum atomic E-state index is 0.00692. The number of carbonyl (C=O) groups excluding carboxylic acids is 1. The van der Waals surface area contributed by atoms with E-state index in [4.69, 9.17) is 4.74 Å². The zero-order chi connectivity index (χ0) is 10.8. The molecule has 0 radical (unpaired) electrons. The van der Waals surface area contributed by atoms with Crippen molar-refractivity contribution in [1.29, 1.82) is 0 Å². The van der Waals surface area contributed by atoms with Crippen LogP contribution in [-0.4, -0.2) is 11.9 Å². The molecule has 0 aromatic rings. The molecule has 3 heteroatoms. The Morgan fingerprint density at radius 1 is 1.33 bits per heavy atom. The van der Waals surface area contributed by atoms with Gasteiger partial charge in [0.2, 0.25) is 0 Å². The topological polar surface area (TPSA) is 26.3 Å². The van der Waals surface area contributed by atoms with Gasteiger partial charge in [0.05, 0.1) is 10.4 Å². The van der Waals surface area contributed by atoms with E-state index in [1.54, 1.807) is 6.26 Å². The summed E-state index contributed by atoms with van der Waals surface area (Å²) in [6, 6.07) is 0. The minimum Gasteiger partial charge on any atom is -0.496 e. The molecule has 1 aliphatic carbocycles. The quantitative estimate of drug-likeness (QED) is 0.731. The molecular weight excluding hydrogens is 256 g/mol. The third kappa shape index (κ3) is 2.27. The third-order valence-corrected chi connectivity index (χ3v) is 4.16. The van der Waals surface area contributed by atoms with Gasteiger partial charge < -0.3 is 4.74 Å². The lowest BCUT2D eigenvalue weighted by atomic mass is 9.79. The maximum Gasteiger partial charge on any atom is 0.179 e. The van der Waals surface area contributed by atoms with Crippen LogP contribution < -0.4 is 0 Å². The summed E-state index contributed by atoms with van der Waals surface area (Å²) in [6.45, 7) is 1.98. The van der Waals surface area contributed by atoms with Gasteiger partial charge in [0.25, 0.3) is 0 Å². The number of Topliss-reactive ketones (excluding diaryl/α,β-unsaturated/α-hetero) is 1. The first-order valence-electron chi connectivity index (χ1n) is 5.75. The molecule has 84 valence electrons. The molecule has 0 aromatic carbocycles. The van der Waals surface area contributed by atoms with E-state index in [0.717, 1.165) is 0 Å². The number of hydrogen-bond donors (Lipinski definition) is 0. The first-order valence-corrected chi connectivity index (χ1v) is 6.55. The molecule has 0 saturated heterocycles. The van der Waals surface area contributed by atoms with Crippen molar-refractivity contribution in [3.8, 4) is 0 Å². The van der Waals surface area contributed by atoms with E-state index in [1.165, 1.54) is 32.1 Å². The van der Waals surface area contributed by atoms with Crippen LogP contribution in [0.25, 0.3) is 0 Å². The fourth-order valence-corrected chi connectivity index (χ4v) is 3.13. The van der Waals surface area contributed by atoms with Gasteiger partial charge in [-0.3, -0.25) is 4.79 Å². The lowest BCUT2D eigenvalue weighted by Gasteiger charge is -2.35. The smallest absolute Gasteiger partial charge is 0.179 e. The molecule has 2 atom stereocenters. The highest BCUT2D eigenvalue weighted by Crippen LogP contribution is 2.35. The highest BCUT2D eigenvalue weighted by Gasteiger charge is 2.36. The van der Waals surface area contributed by atoms with Crippen molar-refractivity contribution in [2.45, 2.75) is 45.1 Å². The Balaban J connectivity index is 2.06. The van der Waals surface area contributed by atoms with Gasteiger partial charge in [-0.15, -0.1) is 0 Å². The van der Waals surface area contributed by atoms with Crippen LogP contribution in [0.2, 0.25) is 0 Å². The standard InChI is InChI=1S/C12H17BrO2/c1-8-11(14)10(13)7-15-12(8)9-5-3-2-4-6-9/h7-9,12H,2-6H2,1H3/t8-,12+/m1/s1. The van der Waals surface area contributed by atoms with Gasteiger partial charge in [-0.1, -0.05) is 26.2 Å². The van der Waals surface area contributed by atoms with E-state index in [2.05, 4.69) is 15.9 Å². The number of rotatable bonds is 1. The highest BCUT2D eigenvalue weighted by molar-refractivity contribution is 9.12. The van der Waals surface area contributed by atoms with Crippen LogP contribution in [-0.2, 0) is 9.53 Å². The number of halogens is 1. The molecule has 2 rings (SSSR count). The monoisotopic (exact) mass is 272 g/mol. The van der Waals surface area contributed by atoms with E-state index >= 15 is 0 Å². The second kappa shape index (κ2) is 4.69. The van der Waals surface area contributed by atoms with Crippen LogP contribution in [0.1, 0.15) is 39.0 Å². The maximum atomic E-state index is 11.8. The molecule has 1 saturated carbocycles. The number of ketones is 1. The summed E-state index contributed by atoms with van der Waals surface area (Å²) < 4.78 is 6.27. The number of carbonyl (C=O) groups is 1. The van der Waals surface area contributed by atoms with Crippen molar-refractivity contribution < 1.29 is 9.53 Å². The summed E-state index contributed by atoms with van der Waals surface area (Å²) in [5, 5.41) is 0. The highest BCUT2D eigenvalue weighted by atomic mass is 79.9. The van der Waals surface area contributed by atoms with Crippen LogP contribution in [0.15, 0.2) is 10.7 Å². The molecule has 15 heavy (non-hydrogen) atoms. The van der Waals surface area contributed by atoms with Crippen LogP contribution >= 0.6 is 15.9 Å². The Kier molecular flexibility index (Phi) is 3.49. The second-order valence-corrected chi connectivity index (χ2v) is 5.47. The first kappa shape index (κ1) is 11.2. The van der Waals surface area contributed by atoms with E-state index in [1.807, 2.05) is 6.92 Å². The molecule has 0 bridgehead atoms. The van der Waals surface area contributed by atoms with Crippen LogP contribution in [0.5, 0.6) is 0 Å². The Morgan fingerprint density at radius 3 is 2.67 bits per heavy atom. The molecule has 1 fully saturated rings. The number of allylic oxidation sites excluding steroid dienone is 1. The van der Waals surface area contributed by atoms with E-state index in [9.17, 15) is 4.79 Å². The van der Waals surface area contributed by atoms with Gasteiger partial charge in [-0.2, -0.15) is 0 Å². The van der Waals surface area contributed by atoms with Gasteiger partial charge in [0.1, 0.15) is 12.4 Å². The predicted octanol–water partition coefficient (Wildman–Crippen LogP) is 3.41. The zero-order valence-corrected chi connectivity index (χ0v) is 10.6. The average Bonchev–Trinajstić information content (AvgIpc) is 2.27. The summed E-state index contributed by atoms with van der Waals surface area (Å²) in [5.41, 5.74) is 0. The molecule has 0 N–H and O–H groups in total. The third-order valence-electron chi connectivity index (χ3n) is 3.58. The molecule has 2 aliphatic rings. The lowest BCUT2D eigenvalue weighted by molar-refractivity contribution is -0.125. The van der Waals surface area contributed by atoms with Gasteiger partial charge in [0, 0.05) is 0 Å². The average molecular weight is 273 g/mol. The molecule has 1 heterocycles. The predicted molar refractivity (Wildman–Crippen MR) is 62.6 cm³/mol. The molecular formula is C12H17BrO2. The summed E-state index contributed by atoms with van der Waals surface area (Å²) in [4.78, 5) is 11.8. The van der Waals surface area contributed by atoms with Crippen LogP contribution in [0.3, 0.4) is 0 Å². The fraction of sp³-hybridized carbons (Fsp3) is 0.750. The Labute approximate surface area is 99.2 Å². The number of hydrogen-bond acceptors (Lipinski definition) is 2. The Morgan fingerprint density at radius 2 is 2.00 bits per heavy atom. The summed E-state index contributed by atoms with van der Waals surface area (Å²) >= 11 is 3.23. The second-order valence-electron chi connectivity index (χ2n) is 4.62. The van der Waals surface area contributed by atoms with Crippen molar-refractivity contribution in [1.82, 2.24) is 0 Å². The van der Waals surface area contributed by atoms with E-state index < -0.39 is 0 Å². The Hall–Kier alpha value is -0.310. The summed E-state index contributed by atoms with van der Waals surface area (Å²) in [5.74, 6) is 0.777. The van der Waals surface area contributed by atoms with Gasteiger partial charge in [-0.25, -0.2) is 0 Å².